The topological polar surface area (TPSA) is 91.5 Å². The van der Waals surface area contributed by atoms with Crippen LogP contribution in [-0.2, 0) is 9.53 Å². The number of benzodiazepines with no additional fused rings is 1. The van der Waals surface area contributed by atoms with E-state index in [-0.39, 0.29) is 11.8 Å². The van der Waals surface area contributed by atoms with Crippen molar-refractivity contribution in [2.75, 3.05) is 49.2 Å². The molecule has 2 aromatic rings. The van der Waals surface area contributed by atoms with Crippen molar-refractivity contribution in [3.63, 3.8) is 0 Å². The molecule has 2 heterocycles. The van der Waals surface area contributed by atoms with Gasteiger partial charge >= 0.3 is 6.03 Å². The number of ether oxygens (including phenoxy) is 1. The van der Waals surface area contributed by atoms with Gasteiger partial charge in [0.1, 0.15) is 0 Å². The van der Waals surface area contributed by atoms with Crippen molar-refractivity contribution in [3.05, 3.63) is 59.7 Å². The van der Waals surface area contributed by atoms with Gasteiger partial charge in [-0.1, -0.05) is 56.0 Å². The van der Waals surface area contributed by atoms with Gasteiger partial charge in [0, 0.05) is 43.3 Å². The third-order valence-electron chi connectivity index (χ3n) is 7.97. The number of amides is 3. The van der Waals surface area contributed by atoms with E-state index in [4.69, 9.17) is 15.5 Å². The van der Waals surface area contributed by atoms with Crippen LogP contribution in [0, 0.1) is 12.8 Å². The number of carbonyl (C=O) groups excluding carboxylic acids is 2. The van der Waals surface area contributed by atoms with E-state index < -0.39 is 12.2 Å². The Kier molecular flexibility index (Phi) is 8.39. The standard InChI is InChI=1S/C30H39N5O3/c1-22-9-8-12-24(21-22)35(30(31)37)28-29(36)34(16-15-33-17-19-38-20-18-33)26-14-7-6-13-25(26)27(32-28)23-10-4-2-3-5-11-23/h6-9,12-14,21,23,28H,2-5,10-11,15-20H2,1H3,(H2,31,37)/t28-/m1/s1. The number of carbonyl (C=O) groups is 2. The van der Waals surface area contributed by atoms with Crippen LogP contribution < -0.4 is 15.5 Å². The summed E-state index contributed by atoms with van der Waals surface area (Å²) in [5, 5.41) is 0. The van der Waals surface area contributed by atoms with Crippen molar-refractivity contribution in [3.8, 4) is 0 Å². The molecule has 0 spiro atoms. The number of morpholine rings is 1. The number of benzene rings is 2. The molecule has 3 amide bonds. The van der Waals surface area contributed by atoms with Gasteiger partial charge < -0.3 is 15.4 Å². The lowest BCUT2D eigenvalue weighted by Crippen LogP contribution is -2.53. The third kappa shape index (κ3) is 5.76. The highest BCUT2D eigenvalue weighted by Gasteiger charge is 2.39. The fourth-order valence-electron chi connectivity index (χ4n) is 5.95. The molecule has 2 aliphatic heterocycles. The van der Waals surface area contributed by atoms with Crippen molar-refractivity contribution in [2.45, 2.75) is 51.6 Å². The molecule has 0 aromatic heterocycles. The molecule has 5 rings (SSSR count). The number of anilines is 2. The minimum Gasteiger partial charge on any atom is -0.379 e. The lowest BCUT2D eigenvalue weighted by atomic mass is 9.89. The van der Waals surface area contributed by atoms with Gasteiger partial charge in [-0.15, -0.1) is 0 Å². The number of aliphatic imine (C=N–C) groups is 1. The quantitative estimate of drug-likeness (QED) is 0.577. The van der Waals surface area contributed by atoms with Crippen LogP contribution >= 0.6 is 0 Å². The zero-order chi connectivity index (χ0) is 26.5. The van der Waals surface area contributed by atoms with Crippen molar-refractivity contribution in [1.82, 2.24) is 4.90 Å². The van der Waals surface area contributed by atoms with Crippen molar-refractivity contribution in [2.24, 2.45) is 16.6 Å². The van der Waals surface area contributed by atoms with Crippen molar-refractivity contribution in [1.29, 1.82) is 0 Å². The number of urea groups is 1. The Bertz CT molecular complexity index is 1170. The molecular formula is C30H39N5O3. The molecule has 0 bridgehead atoms. The second-order valence-corrected chi connectivity index (χ2v) is 10.6. The lowest BCUT2D eigenvalue weighted by molar-refractivity contribution is -0.119. The van der Waals surface area contributed by atoms with E-state index in [1.807, 2.05) is 54.3 Å². The van der Waals surface area contributed by atoms with E-state index in [2.05, 4.69) is 11.0 Å². The summed E-state index contributed by atoms with van der Waals surface area (Å²) in [7, 11) is 0. The van der Waals surface area contributed by atoms with Gasteiger partial charge in [0.05, 0.1) is 24.6 Å². The molecule has 202 valence electrons. The molecule has 1 saturated carbocycles. The van der Waals surface area contributed by atoms with E-state index >= 15 is 0 Å². The summed E-state index contributed by atoms with van der Waals surface area (Å²) in [4.78, 5) is 38.1. The second kappa shape index (κ2) is 12.1. The summed E-state index contributed by atoms with van der Waals surface area (Å²) >= 11 is 0. The molecule has 0 unspecified atom stereocenters. The Labute approximate surface area is 225 Å². The minimum absolute atomic E-state index is 0.227. The zero-order valence-corrected chi connectivity index (χ0v) is 22.3. The highest BCUT2D eigenvalue weighted by atomic mass is 16.5. The number of para-hydroxylation sites is 1. The molecule has 0 radical (unpaired) electrons. The number of nitrogens with two attached hydrogens (primary N) is 1. The summed E-state index contributed by atoms with van der Waals surface area (Å²) < 4.78 is 5.52. The van der Waals surface area contributed by atoms with Crippen LogP contribution in [0.5, 0.6) is 0 Å². The molecule has 2 fully saturated rings. The maximum Gasteiger partial charge on any atom is 0.321 e. The number of nitrogens with zero attached hydrogens (tertiary/aromatic N) is 4. The predicted molar refractivity (Wildman–Crippen MR) is 151 cm³/mol. The molecule has 8 nitrogen and oxygen atoms in total. The number of hydrogen-bond acceptors (Lipinski definition) is 5. The molecule has 3 aliphatic rings. The maximum atomic E-state index is 14.4. The fourth-order valence-corrected chi connectivity index (χ4v) is 5.95. The van der Waals surface area contributed by atoms with E-state index in [1.54, 1.807) is 0 Å². The van der Waals surface area contributed by atoms with E-state index in [1.165, 1.54) is 17.7 Å². The minimum atomic E-state index is -1.07. The highest BCUT2D eigenvalue weighted by molar-refractivity contribution is 6.15. The first-order valence-corrected chi connectivity index (χ1v) is 14.0. The molecule has 1 aliphatic carbocycles. The SMILES string of the molecule is Cc1cccc(N(C(N)=O)[C@H]2N=C(C3CCCCCC3)c3ccccc3N(CCN3CCOCC3)C2=O)c1. The first kappa shape index (κ1) is 26.4. The van der Waals surface area contributed by atoms with Gasteiger partial charge in [-0.2, -0.15) is 0 Å². The molecule has 1 saturated heterocycles. The Morgan fingerprint density at radius 2 is 1.76 bits per heavy atom. The zero-order valence-electron chi connectivity index (χ0n) is 22.3. The first-order chi connectivity index (χ1) is 18.5. The highest BCUT2D eigenvalue weighted by Crippen LogP contribution is 2.35. The van der Waals surface area contributed by atoms with E-state index in [0.717, 1.165) is 67.8 Å². The smallest absolute Gasteiger partial charge is 0.321 e. The van der Waals surface area contributed by atoms with Crippen LogP contribution in [0.2, 0.25) is 0 Å². The second-order valence-electron chi connectivity index (χ2n) is 10.6. The van der Waals surface area contributed by atoms with Crippen molar-refractivity contribution >= 4 is 29.0 Å². The Balaban J connectivity index is 1.60. The molecular weight excluding hydrogens is 478 g/mol. The van der Waals surface area contributed by atoms with Gasteiger partial charge in [0.2, 0.25) is 6.17 Å². The summed E-state index contributed by atoms with van der Waals surface area (Å²) in [5.41, 5.74) is 10.3. The van der Waals surface area contributed by atoms with Crippen molar-refractivity contribution < 1.29 is 14.3 Å². The number of aryl methyl sites for hydroxylation is 1. The number of fused-ring (bicyclic) bond motifs is 1. The summed E-state index contributed by atoms with van der Waals surface area (Å²) in [6.45, 7) is 6.26. The van der Waals surface area contributed by atoms with Gasteiger partial charge in [-0.25, -0.2) is 4.79 Å². The molecule has 2 aromatic carbocycles. The summed E-state index contributed by atoms with van der Waals surface area (Å²) in [6, 6.07) is 15.0. The Hall–Kier alpha value is -3.23. The third-order valence-corrected chi connectivity index (χ3v) is 7.97. The van der Waals surface area contributed by atoms with Gasteiger partial charge in [-0.05, 0) is 43.5 Å². The molecule has 8 heteroatoms. The van der Waals surface area contributed by atoms with E-state index in [0.29, 0.717) is 25.4 Å². The van der Waals surface area contributed by atoms with Gasteiger partial charge in [-0.3, -0.25) is 19.6 Å². The monoisotopic (exact) mass is 517 g/mol. The van der Waals surface area contributed by atoms with Crippen LogP contribution in [0.25, 0.3) is 0 Å². The van der Waals surface area contributed by atoms with Crippen LogP contribution in [0.4, 0.5) is 16.2 Å². The van der Waals surface area contributed by atoms with Gasteiger partial charge in [0.25, 0.3) is 5.91 Å². The van der Waals surface area contributed by atoms with Crippen LogP contribution in [-0.4, -0.2) is 68.1 Å². The number of rotatable bonds is 6. The van der Waals surface area contributed by atoms with Crippen LogP contribution in [0.3, 0.4) is 0 Å². The lowest BCUT2D eigenvalue weighted by Gasteiger charge is -2.33. The average Bonchev–Trinajstić information content (AvgIpc) is 3.26. The molecule has 2 N–H and O–H groups in total. The maximum absolute atomic E-state index is 14.4. The van der Waals surface area contributed by atoms with Crippen LogP contribution in [0.15, 0.2) is 53.5 Å². The number of primary amides is 1. The molecule has 1 atom stereocenters. The predicted octanol–water partition coefficient (Wildman–Crippen LogP) is 4.34. The summed E-state index contributed by atoms with van der Waals surface area (Å²) in [5.74, 6) is 0.00927. The van der Waals surface area contributed by atoms with Crippen LogP contribution in [0.1, 0.15) is 49.7 Å². The normalized spacial score (nSPS) is 21.3. The van der Waals surface area contributed by atoms with Gasteiger partial charge in [0.15, 0.2) is 0 Å². The molecule has 38 heavy (non-hydrogen) atoms. The average molecular weight is 518 g/mol. The Morgan fingerprint density at radius 1 is 1.03 bits per heavy atom. The fraction of sp³-hybridized carbons (Fsp3) is 0.500. The summed E-state index contributed by atoms with van der Waals surface area (Å²) in [6.07, 6.45) is 5.72. The largest absolute Gasteiger partial charge is 0.379 e. The Morgan fingerprint density at radius 3 is 2.47 bits per heavy atom. The number of hydrogen-bond donors (Lipinski definition) is 1. The first-order valence-electron chi connectivity index (χ1n) is 14.0. The van der Waals surface area contributed by atoms with E-state index in [9.17, 15) is 9.59 Å².